The highest BCUT2D eigenvalue weighted by atomic mass is 35.5. The summed E-state index contributed by atoms with van der Waals surface area (Å²) in [4.78, 5) is 0. The van der Waals surface area contributed by atoms with Gasteiger partial charge in [0, 0.05) is 12.5 Å². The third kappa shape index (κ3) is 6.37. The van der Waals surface area contributed by atoms with Crippen LogP contribution in [0.2, 0.25) is 0 Å². The van der Waals surface area contributed by atoms with Crippen molar-refractivity contribution in [3.05, 3.63) is 0 Å². The summed E-state index contributed by atoms with van der Waals surface area (Å²) in [5.74, 6) is 0.754. The van der Waals surface area contributed by atoms with Crippen LogP contribution < -0.4 is 0 Å². The van der Waals surface area contributed by atoms with Gasteiger partial charge in [-0.1, -0.05) is 6.92 Å². The van der Waals surface area contributed by atoms with Crippen LogP contribution in [0.4, 0.5) is 0 Å². The summed E-state index contributed by atoms with van der Waals surface area (Å²) in [5.41, 5.74) is 0. The monoisotopic (exact) mass is 164 g/mol. The molecule has 0 bridgehead atoms. The SMILES string of the molecule is CCC(C)OCCCCCl. The average Bonchev–Trinajstić information content (AvgIpc) is 1.98. The minimum Gasteiger partial charge on any atom is -0.379 e. The van der Waals surface area contributed by atoms with Gasteiger partial charge in [-0.2, -0.15) is 0 Å². The molecule has 0 aliphatic rings. The van der Waals surface area contributed by atoms with Gasteiger partial charge in [0.2, 0.25) is 0 Å². The molecule has 0 amide bonds. The summed E-state index contributed by atoms with van der Waals surface area (Å²) < 4.78 is 5.43. The topological polar surface area (TPSA) is 9.23 Å². The molecule has 0 saturated carbocycles. The molecule has 0 N–H and O–H groups in total. The van der Waals surface area contributed by atoms with E-state index in [9.17, 15) is 0 Å². The Kier molecular flexibility index (Phi) is 7.54. The first-order chi connectivity index (χ1) is 4.81. The van der Waals surface area contributed by atoms with Crippen LogP contribution in [0.25, 0.3) is 0 Å². The standard InChI is InChI=1S/C8H17ClO/c1-3-8(2)10-7-5-4-6-9/h8H,3-7H2,1-2H3. The number of halogens is 1. The minimum absolute atomic E-state index is 0.412. The van der Waals surface area contributed by atoms with Gasteiger partial charge in [0.1, 0.15) is 0 Å². The van der Waals surface area contributed by atoms with Crippen molar-refractivity contribution in [3.8, 4) is 0 Å². The number of hydrogen-bond acceptors (Lipinski definition) is 1. The van der Waals surface area contributed by atoms with E-state index in [1.807, 2.05) is 0 Å². The Morgan fingerprint density at radius 1 is 1.40 bits per heavy atom. The molecule has 0 aromatic rings. The van der Waals surface area contributed by atoms with E-state index in [0.29, 0.717) is 6.10 Å². The Labute approximate surface area is 68.7 Å². The Morgan fingerprint density at radius 2 is 2.10 bits per heavy atom. The molecule has 0 aliphatic carbocycles. The van der Waals surface area contributed by atoms with Gasteiger partial charge in [-0.15, -0.1) is 11.6 Å². The molecular formula is C8H17ClO. The molecule has 0 rings (SSSR count). The largest absolute Gasteiger partial charge is 0.379 e. The zero-order valence-corrected chi connectivity index (χ0v) is 7.66. The smallest absolute Gasteiger partial charge is 0.0544 e. The molecule has 0 fully saturated rings. The van der Waals surface area contributed by atoms with Gasteiger partial charge in [-0.3, -0.25) is 0 Å². The molecule has 1 nitrogen and oxygen atoms in total. The molecule has 2 heteroatoms. The molecule has 1 atom stereocenters. The van der Waals surface area contributed by atoms with Crippen LogP contribution in [-0.4, -0.2) is 18.6 Å². The summed E-state index contributed by atoms with van der Waals surface area (Å²) in [6, 6.07) is 0. The lowest BCUT2D eigenvalue weighted by atomic mass is 10.3. The first-order valence-corrected chi connectivity index (χ1v) is 4.52. The quantitative estimate of drug-likeness (QED) is 0.434. The predicted octanol–water partition coefficient (Wildman–Crippen LogP) is 2.82. The Morgan fingerprint density at radius 3 is 2.60 bits per heavy atom. The van der Waals surface area contributed by atoms with Crippen LogP contribution in [0.3, 0.4) is 0 Å². The molecule has 0 spiro atoms. The lowest BCUT2D eigenvalue weighted by molar-refractivity contribution is 0.0618. The van der Waals surface area contributed by atoms with E-state index in [1.165, 1.54) is 0 Å². The van der Waals surface area contributed by atoms with Crippen molar-refractivity contribution in [2.24, 2.45) is 0 Å². The third-order valence-corrected chi connectivity index (χ3v) is 1.77. The fourth-order valence-corrected chi connectivity index (χ4v) is 0.788. The van der Waals surface area contributed by atoms with Crippen LogP contribution >= 0.6 is 11.6 Å². The molecule has 0 heterocycles. The lowest BCUT2D eigenvalue weighted by Gasteiger charge is -2.08. The summed E-state index contributed by atoms with van der Waals surface area (Å²) >= 11 is 5.50. The van der Waals surface area contributed by atoms with Crippen molar-refractivity contribution < 1.29 is 4.74 Å². The average molecular weight is 165 g/mol. The Bertz CT molecular complexity index is 66.3. The maximum absolute atomic E-state index is 5.50. The first-order valence-electron chi connectivity index (χ1n) is 3.98. The van der Waals surface area contributed by atoms with Crippen molar-refractivity contribution in [2.45, 2.75) is 39.2 Å². The summed E-state index contributed by atoms with van der Waals surface area (Å²) in [7, 11) is 0. The molecule has 0 aromatic carbocycles. The van der Waals surface area contributed by atoms with Gasteiger partial charge in [0.15, 0.2) is 0 Å². The molecule has 0 aliphatic heterocycles. The van der Waals surface area contributed by atoms with Crippen molar-refractivity contribution in [2.75, 3.05) is 12.5 Å². The maximum atomic E-state index is 5.50. The Balaban J connectivity index is 2.89. The third-order valence-electron chi connectivity index (χ3n) is 1.51. The highest BCUT2D eigenvalue weighted by molar-refractivity contribution is 6.17. The van der Waals surface area contributed by atoms with E-state index in [0.717, 1.165) is 31.7 Å². The molecular weight excluding hydrogens is 148 g/mol. The molecule has 1 unspecified atom stereocenters. The first kappa shape index (κ1) is 10.2. The number of rotatable bonds is 6. The van der Waals surface area contributed by atoms with Crippen molar-refractivity contribution >= 4 is 11.6 Å². The number of alkyl halides is 1. The van der Waals surface area contributed by atoms with Gasteiger partial charge < -0.3 is 4.74 Å². The predicted molar refractivity (Wildman–Crippen MR) is 45.7 cm³/mol. The zero-order valence-electron chi connectivity index (χ0n) is 6.90. The fourth-order valence-electron chi connectivity index (χ4n) is 0.599. The van der Waals surface area contributed by atoms with Gasteiger partial charge in [-0.25, -0.2) is 0 Å². The maximum Gasteiger partial charge on any atom is 0.0544 e. The van der Waals surface area contributed by atoms with E-state index in [4.69, 9.17) is 16.3 Å². The van der Waals surface area contributed by atoms with E-state index < -0.39 is 0 Å². The Hall–Kier alpha value is 0.250. The van der Waals surface area contributed by atoms with E-state index in [2.05, 4.69) is 13.8 Å². The second-order valence-corrected chi connectivity index (χ2v) is 2.86. The molecule has 10 heavy (non-hydrogen) atoms. The van der Waals surface area contributed by atoms with Crippen LogP contribution in [0.15, 0.2) is 0 Å². The fraction of sp³-hybridized carbons (Fsp3) is 1.00. The second-order valence-electron chi connectivity index (χ2n) is 2.49. The minimum atomic E-state index is 0.412. The van der Waals surface area contributed by atoms with Crippen molar-refractivity contribution in [3.63, 3.8) is 0 Å². The lowest BCUT2D eigenvalue weighted by Crippen LogP contribution is -2.07. The van der Waals surface area contributed by atoms with Gasteiger partial charge in [0.05, 0.1) is 6.10 Å². The summed E-state index contributed by atoms with van der Waals surface area (Å²) in [6.07, 6.45) is 3.67. The highest BCUT2D eigenvalue weighted by Gasteiger charge is 1.95. The summed E-state index contributed by atoms with van der Waals surface area (Å²) in [5, 5.41) is 0. The molecule has 62 valence electrons. The summed E-state index contributed by atoms with van der Waals surface area (Å²) in [6.45, 7) is 5.09. The molecule has 0 saturated heterocycles. The molecule has 0 aromatic heterocycles. The van der Waals surface area contributed by atoms with E-state index in [1.54, 1.807) is 0 Å². The normalized spacial score (nSPS) is 13.5. The number of hydrogen-bond donors (Lipinski definition) is 0. The number of ether oxygens (including phenoxy) is 1. The number of unbranched alkanes of at least 4 members (excludes halogenated alkanes) is 1. The van der Waals surface area contributed by atoms with Crippen molar-refractivity contribution in [1.29, 1.82) is 0 Å². The zero-order chi connectivity index (χ0) is 7.82. The van der Waals surface area contributed by atoms with Gasteiger partial charge >= 0.3 is 0 Å². The van der Waals surface area contributed by atoms with E-state index >= 15 is 0 Å². The van der Waals surface area contributed by atoms with Gasteiger partial charge in [-0.05, 0) is 26.2 Å². The van der Waals surface area contributed by atoms with Gasteiger partial charge in [0.25, 0.3) is 0 Å². The highest BCUT2D eigenvalue weighted by Crippen LogP contribution is 1.99. The van der Waals surface area contributed by atoms with Crippen LogP contribution in [0.5, 0.6) is 0 Å². The van der Waals surface area contributed by atoms with Crippen molar-refractivity contribution in [1.82, 2.24) is 0 Å². The van der Waals surface area contributed by atoms with E-state index in [-0.39, 0.29) is 0 Å². The second kappa shape index (κ2) is 7.36. The van der Waals surface area contributed by atoms with Crippen LogP contribution in [0, 0.1) is 0 Å². The van der Waals surface area contributed by atoms with Crippen LogP contribution in [0.1, 0.15) is 33.1 Å². The molecule has 0 radical (unpaired) electrons. The van der Waals surface area contributed by atoms with Crippen LogP contribution in [-0.2, 0) is 4.74 Å².